The molecule has 1 saturated heterocycles. The van der Waals surface area contributed by atoms with Gasteiger partial charge in [-0.25, -0.2) is 0 Å². The van der Waals surface area contributed by atoms with Crippen LogP contribution in [0, 0.1) is 6.92 Å². The van der Waals surface area contributed by atoms with Gasteiger partial charge in [0, 0.05) is 55.2 Å². The molecule has 6 heteroatoms. The summed E-state index contributed by atoms with van der Waals surface area (Å²) in [6.45, 7) is 10.5. The maximum Gasteiger partial charge on any atom is 0.308 e. The normalized spacial score (nSPS) is 15.1. The SMILES string of the molecule is CC(=O)Oc1ccc2[nH]c(C)c(C(=O)N(C(C)C)C3CCN(CCc4ccccc4)CC3)c2c1. The quantitative estimate of drug-likeness (QED) is 0.399. The lowest BCUT2D eigenvalue weighted by molar-refractivity contribution is -0.131. The van der Waals surface area contributed by atoms with Gasteiger partial charge in [0.2, 0.25) is 0 Å². The molecule has 0 unspecified atom stereocenters. The molecule has 1 fully saturated rings. The first-order chi connectivity index (χ1) is 16.3. The molecule has 0 saturated carbocycles. The molecule has 0 atom stereocenters. The van der Waals surface area contributed by atoms with Crippen LogP contribution >= 0.6 is 0 Å². The highest BCUT2D eigenvalue weighted by Crippen LogP contribution is 2.30. The maximum atomic E-state index is 13.9. The molecule has 1 N–H and O–H groups in total. The predicted molar refractivity (Wildman–Crippen MR) is 135 cm³/mol. The molecule has 1 amide bonds. The third-order valence-electron chi connectivity index (χ3n) is 6.73. The topological polar surface area (TPSA) is 65.6 Å². The van der Waals surface area contributed by atoms with Crippen LogP contribution in [0.2, 0.25) is 0 Å². The Hall–Kier alpha value is -3.12. The fourth-order valence-corrected chi connectivity index (χ4v) is 5.11. The van der Waals surface area contributed by atoms with Crippen LogP contribution < -0.4 is 4.74 Å². The zero-order valence-electron chi connectivity index (χ0n) is 20.6. The van der Waals surface area contributed by atoms with Crippen LogP contribution in [-0.2, 0) is 11.2 Å². The Balaban J connectivity index is 1.48. The second kappa shape index (κ2) is 10.4. The van der Waals surface area contributed by atoms with E-state index in [0.717, 1.165) is 55.5 Å². The number of ether oxygens (including phenoxy) is 1. The van der Waals surface area contributed by atoms with Crippen molar-refractivity contribution in [3.05, 3.63) is 65.4 Å². The Kier molecular flexibility index (Phi) is 7.37. The molecule has 1 aromatic heterocycles. The van der Waals surface area contributed by atoms with Crippen molar-refractivity contribution in [2.45, 2.75) is 59.0 Å². The number of benzene rings is 2. The summed E-state index contributed by atoms with van der Waals surface area (Å²) in [7, 11) is 0. The van der Waals surface area contributed by atoms with Crippen molar-refractivity contribution in [1.82, 2.24) is 14.8 Å². The maximum absolute atomic E-state index is 13.9. The van der Waals surface area contributed by atoms with Crippen molar-refractivity contribution in [2.24, 2.45) is 0 Å². The van der Waals surface area contributed by atoms with E-state index >= 15 is 0 Å². The number of likely N-dealkylation sites (tertiary alicyclic amines) is 1. The first-order valence-corrected chi connectivity index (χ1v) is 12.2. The number of piperidine rings is 1. The smallest absolute Gasteiger partial charge is 0.308 e. The summed E-state index contributed by atoms with van der Waals surface area (Å²) < 4.78 is 5.27. The molecule has 34 heavy (non-hydrogen) atoms. The van der Waals surface area contributed by atoms with Crippen LogP contribution in [0.4, 0.5) is 0 Å². The second-order valence-corrected chi connectivity index (χ2v) is 9.54. The number of carbonyl (C=O) groups is 2. The molecule has 2 aromatic carbocycles. The molecule has 0 bridgehead atoms. The molecule has 1 aliphatic rings. The number of rotatable bonds is 7. The average Bonchev–Trinajstić information content (AvgIpc) is 3.13. The van der Waals surface area contributed by atoms with Gasteiger partial charge in [-0.3, -0.25) is 9.59 Å². The number of aryl methyl sites for hydroxylation is 1. The van der Waals surface area contributed by atoms with E-state index in [-0.39, 0.29) is 24.0 Å². The zero-order valence-corrected chi connectivity index (χ0v) is 20.6. The summed E-state index contributed by atoms with van der Waals surface area (Å²) in [5, 5.41) is 0.798. The summed E-state index contributed by atoms with van der Waals surface area (Å²) in [6, 6.07) is 16.3. The van der Waals surface area contributed by atoms with E-state index in [1.165, 1.54) is 12.5 Å². The number of hydrogen-bond donors (Lipinski definition) is 1. The highest BCUT2D eigenvalue weighted by Gasteiger charge is 2.32. The monoisotopic (exact) mass is 461 g/mol. The van der Waals surface area contributed by atoms with Crippen molar-refractivity contribution in [2.75, 3.05) is 19.6 Å². The third kappa shape index (κ3) is 5.33. The molecule has 3 aromatic rings. The molecule has 2 heterocycles. The lowest BCUT2D eigenvalue weighted by Gasteiger charge is -2.40. The van der Waals surface area contributed by atoms with Gasteiger partial charge in [-0.2, -0.15) is 0 Å². The Labute approximate surface area is 201 Å². The van der Waals surface area contributed by atoms with Gasteiger partial charge >= 0.3 is 5.97 Å². The van der Waals surface area contributed by atoms with E-state index in [9.17, 15) is 9.59 Å². The zero-order chi connectivity index (χ0) is 24.2. The molecule has 0 aliphatic carbocycles. The van der Waals surface area contributed by atoms with E-state index in [1.807, 2.05) is 13.0 Å². The van der Waals surface area contributed by atoms with Crippen LogP contribution in [0.15, 0.2) is 48.5 Å². The first-order valence-electron chi connectivity index (χ1n) is 12.2. The van der Waals surface area contributed by atoms with Crippen LogP contribution in [0.3, 0.4) is 0 Å². The average molecular weight is 462 g/mol. The van der Waals surface area contributed by atoms with Crippen molar-refractivity contribution in [3.63, 3.8) is 0 Å². The Bertz CT molecular complexity index is 1140. The van der Waals surface area contributed by atoms with Gasteiger partial charge in [0.1, 0.15) is 5.75 Å². The molecule has 4 rings (SSSR count). The highest BCUT2D eigenvalue weighted by molar-refractivity contribution is 6.08. The summed E-state index contributed by atoms with van der Waals surface area (Å²) in [4.78, 5) is 33.2. The van der Waals surface area contributed by atoms with Gasteiger partial charge in [0.25, 0.3) is 5.91 Å². The van der Waals surface area contributed by atoms with Gasteiger partial charge in [-0.1, -0.05) is 30.3 Å². The number of H-pyrrole nitrogens is 1. The van der Waals surface area contributed by atoms with Crippen LogP contribution in [0.5, 0.6) is 5.75 Å². The molecule has 0 spiro atoms. The summed E-state index contributed by atoms with van der Waals surface area (Å²) >= 11 is 0. The van der Waals surface area contributed by atoms with Gasteiger partial charge in [0.05, 0.1) is 5.56 Å². The van der Waals surface area contributed by atoms with E-state index in [2.05, 4.69) is 59.0 Å². The predicted octanol–water partition coefficient (Wildman–Crippen LogP) is 4.96. The second-order valence-electron chi connectivity index (χ2n) is 9.54. The number of esters is 1. The Morgan fingerprint density at radius 2 is 1.82 bits per heavy atom. The summed E-state index contributed by atoms with van der Waals surface area (Å²) in [6.07, 6.45) is 3.00. The van der Waals surface area contributed by atoms with Gasteiger partial charge in [0.15, 0.2) is 0 Å². The number of amides is 1. The van der Waals surface area contributed by atoms with Crippen LogP contribution in [-0.4, -0.2) is 58.4 Å². The van der Waals surface area contributed by atoms with E-state index in [1.54, 1.807) is 12.1 Å². The number of fused-ring (bicyclic) bond motifs is 1. The fourth-order valence-electron chi connectivity index (χ4n) is 5.11. The number of carbonyl (C=O) groups excluding carboxylic acids is 2. The van der Waals surface area contributed by atoms with Crippen LogP contribution in [0.1, 0.15) is 55.2 Å². The standard InChI is InChI=1S/C28H35N3O3/c1-19(2)31(23-13-16-30(17-14-23)15-12-22-8-6-5-7-9-22)28(33)27-20(3)29-26-11-10-24(18-25(26)27)34-21(4)32/h5-11,18-19,23,29H,12-17H2,1-4H3. The number of nitrogens with zero attached hydrogens (tertiary/aromatic N) is 2. The lowest BCUT2D eigenvalue weighted by atomic mass is 9.99. The molecular weight excluding hydrogens is 426 g/mol. The molecule has 180 valence electrons. The van der Waals surface area contributed by atoms with Crippen molar-refractivity contribution in [1.29, 1.82) is 0 Å². The Morgan fingerprint density at radius 1 is 1.12 bits per heavy atom. The van der Waals surface area contributed by atoms with E-state index in [0.29, 0.717) is 11.3 Å². The van der Waals surface area contributed by atoms with Gasteiger partial charge in [-0.05, 0) is 63.8 Å². The minimum atomic E-state index is -0.373. The van der Waals surface area contributed by atoms with Crippen molar-refractivity contribution in [3.8, 4) is 5.75 Å². The number of aromatic nitrogens is 1. The van der Waals surface area contributed by atoms with Crippen LogP contribution in [0.25, 0.3) is 10.9 Å². The number of nitrogens with one attached hydrogen (secondary N) is 1. The first kappa shape index (κ1) is 24.0. The minimum Gasteiger partial charge on any atom is -0.427 e. The van der Waals surface area contributed by atoms with Crippen molar-refractivity contribution >= 4 is 22.8 Å². The van der Waals surface area contributed by atoms with Gasteiger partial charge < -0.3 is 19.5 Å². The molecular formula is C28H35N3O3. The lowest BCUT2D eigenvalue weighted by Crippen LogP contribution is -2.50. The summed E-state index contributed by atoms with van der Waals surface area (Å²) in [5.74, 6) is 0.125. The van der Waals surface area contributed by atoms with Gasteiger partial charge in [-0.15, -0.1) is 0 Å². The number of hydrogen-bond acceptors (Lipinski definition) is 4. The molecule has 6 nitrogen and oxygen atoms in total. The highest BCUT2D eigenvalue weighted by atomic mass is 16.5. The number of aromatic amines is 1. The van der Waals surface area contributed by atoms with Crippen molar-refractivity contribution < 1.29 is 14.3 Å². The largest absolute Gasteiger partial charge is 0.427 e. The van der Waals surface area contributed by atoms with E-state index < -0.39 is 0 Å². The third-order valence-corrected chi connectivity index (χ3v) is 6.73. The minimum absolute atomic E-state index is 0.0430. The van der Waals surface area contributed by atoms with E-state index in [4.69, 9.17) is 4.74 Å². The molecule has 1 aliphatic heterocycles. The molecule has 0 radical (unpaired) electrons. The fraction of sp³-hybridized carbons (Fsp3) is 0.429. The summed E-state index contributed by atoms with van der Waals surface area (Å²) in [5.41, 5.74) is 3.75. The Morgan fingerprint density at radius 3 is 2.47 bits per heavy atom.